The van der Waals surface area contributed by atoms with Crippen LogP contribution in [0.3, 0.4) is 0 Å². The molecule has 22 heavy (non-hydrogen) atoms. The molecule has 7 unspecified atom stereocenters. The second-order valence-corrected chi connectivity index (χ2v) is 8.97. The third-order valence-corrected chi connectivity index (χ3v) is 8.42. The lowest BCUT2D eigenvalue weighted by Crippen LogP contribution is -2.64. The zero-order valence-electron chi connectivity index (χ0n) is 13.9. The van der Waals surface area contributed by atoms with Gasteiger partial charge in [0.1, 0.15) is 0 Å². The summed E-state index contributed by atoms with van der Waals surface area (Å²) in [6.07, 6.45) is 12.3. The largest absolute Gasteiger partial charge is 0.371 e. The van der Waals surface area contributed by atoms with E-state index in [9.17, 15) is 4.79 Å². The van der Waals surface area contributed by atoms with E-state index >= 15 is 0 Å². The van der Waals surface area contributed by atoms with E-state index in [4.69, 9.17) is 4.74 Å². The molecule has 1 spiro atoms. The Balaban J connectivity index is 1.49. The van der Waals surface area contributed by atoms with E-state index < -0.39 is 0 Å². The van der Waals surface area contributed by atoms with Gasteiger partial charge in [0.05, 0.1) is 11.7 Å². The van der Waals surface area contributed by atoms with E-state index in [1.54, 1.807) is 0 Å². The molecule has 2 heteroatoms. The van der Waals surface area contributed by atoms with E-state index in [2.05, 4.69) is 13.8 Å². The maximum absolute atomic E-state index is 11.8. The van der Waals surface area contributed by atoms with Crippen molar-refractivity contribution < 1.29 is 9.53 Å². The Morgan fingerprint density at radius 2 is 1.86 bits per heavy atom. The number of carbonyl (C=O) groups excluding carboxylic acids is 1. The van der Waals surface area contributed by atoms with Gasteiger partial charge >= 0.3 is 0 Å². The summed E-state index contributed by atoms with van der Waals surface area (Å²) in [5.41, 5.74) is 2.06. The third-order valence-electron chi connectivity index (χ3n) is 8.42. The summed E-state index contributed by atoms with van der Waals surface area (Å²) in [7, 11) is 0. The lowest BCUT2D eigenvalue weighted by Gasteiger charge is -2.63. The summed E-state index contributed by atoms with van der Waals surface area (Å²) in [5.74, 6) is 3.67. The van der Waals surface area contributed by atoms with Gasteiger partial charge in [0, 0.05) is 12.3 Å². The molecule has 2 nitrogen and oxygen atoms in total. The molecule has 5 rings (SSSR count). The number of carbonyl (C=O) groups is 1. The first kappa shape index (κ1) is 13.8. The van der Waals surface area contributed by atoms with Gasteiger partial charge in [-0.05, 0) is 81.1 Å². The molecule has 1 aliphatic heterocycles. The lowest BCUT2D eigenvalue weighted by atomic mass is 9.48. The minimum Gasteiger partial charge on any atom is -0.371 e. The molecular formula is C20H28O2. The lowest BCUT2D eigenvalue weighted by molar-refractivity contribution is -0.284. The second kappa shape index (κ2) is 4.26. The first-order valence-corrected chi connectivity index (χ1v) is 9.46. The molecule has 7 atom stereocenters. The zero-order chi connectivity index (χ0) is 15.1. The van der Waals surface area contributed by atoms with Crippen molar-refractivity contribution in [1.29, 1.82) is 0 Å². The van der Waals surface area contributed by atoms with Gasteiger partial charge in [-0.2, -0.15) is 0 Å². The number of ketones is 1. The molecule has 0 bridgehead atoms. The van der Waals surface area contributed by atoms with Crippen molar-refractivity contribution in [3.63, 3.8) is 0 Å². The molecule has 3 saturated carbocycles. The zero-order valence-corrected chi connectivity index (χ0v) is 13.9. The summed E-state index contributed by atoms with van der Waals surface area (Å²) < 4.78 is 6.42. The van der Waals surface area contributed by atoms with Crippen molar-refractivity contribution in [1.82, 2.24) is 0 Å². The molecule has 1 saturated heterocycles. The van der Waals surface area contributed by atoms with Crippen molar-refractivity contribution in [3.05, 3.63) is 11.6 Å². The van der Waals surface area contributed by atoms with Crippen LogP contribution < -0.4 is 0 Å². The Morgan fingerprint density at radius 1 is 1.05 bits per heavy atom. The van der Waals surface area contributed by atoms with Crippen LogP contribution in [0.15, 0.2) is 11.6 Å². The Kier molecular flexibility index (Phi) is 2.67. The number of ether oxygens (including phenoxy) is 1. The topological polar surface area (TPSA) is 26.3 Å². The molecule has 0 aromatic rings. The highest BCUT2D eigenvalue weighted by Gasteiger charge is 2.67. The predicted molar refractivity (Wildman–Crippen MR) is 85.4 cm³/mol. The van der Waals surface area contributed by atoms with Crippen LogP contribution in [-0.2, 0) is 9.53 Å². The highest BCUT2D eigenvalue weighted by Crippen LogP contribution is 2.68. The smallest absolute Gasteiger partial charge is 0.155 e. The van der Waals surface area contributed by atoms with Gasteiger partial charge < -0.3 is 4.74 Å². The molecule has 0 aromatic carbocycles. The highest BCUT2D eigenvalue weighted by atomic mass is 16.5. The fraction of sp³-hybridized carbons (Fsp3) is 0.850. The van der Waals surface area contributed by atoms with Crippen LogP contribution in [0.25, 0.3) is 0 Å². The minimum atomic E-state index is 0.267. The average Bonchev–Trinajstić information content (AvgIpc) is 2.80. The molecule has 1 heterocycles. The maximum Gasteiger partial charge on any atom is 0.155 e. The first-order chi connectivity index (χ1) is 10.5. The Hall–Kier alpha value is -0.630. The van der Waals surface area contributed by atoms with Gasteiger partial charge in [-0.25, -0.2) is 0 Å². The predicted octanol–water partition coefficient (Wildman–Crippen LogP) is 4.29. The molecule has 120 valence electrons. The third kappa shape index (κ3) is 1.48. The van der Waals surface area contributed by atoms with E-state index in [1.807, 2.05) is 6.08 Å². The summed E-state index contributed by atoms with van der Waals surface area (Å²) >= 11 is 0. The molecule has 4 fully saturated rings. The van der Waals surface area contributed by atoms with Gasteiger partial charge in [0.2, 0.25) is 0 Å². The Bertz CT molecular complexity index is 564. The van der Waals surface area contributed by atoms with Gasteiger partial charge in [0.15, 0.2) is 5.78 Å². The summed E-state index contributed by atoms with van der Waals surface area (Å²) in [4.78, 5) is 11.8. The van der Waals surface area contributed by atoms with Crippen LogP contribution in [-0.4, -0.2) is 17.5 Å². The minimum absolute atomic E-state index is 0.267. The van der Waals surface area contributed by atoms with Crippen molar-refractivity contribution in [2.45, 2.75) is 76.9 Å². The van der Waals surface area contributed by atoms with Crippen molar-refractivity contribution in [2.75, 3.05) is 0 Å². The molecule has 4 aliphatic carbocycles. The molecule has 0 radical (unpaired) electrons. The van der Waals surface area contributed by atoms with Crippen LogP contribution in [0.2, 0.25) is 0 Å². The van der Waals surface area contributed by atoms with Gasteiger partial charge in [0.25, 0.3) is 0 Å². The fourth-order valence-corrected chi connectivity index (χ4v) is 7.44. The Morgan fingerprint density at radius 3 is 2.68 bits per heavy atom. The van der Waals surface area contributed by atoms with Gasteiger partial charge in [-0.3, -0.25) is 4.79 Å². The molecule has 0 N–H and O–H groups in total. The standard InChI is InChI=1S/C20H28O2/c1-12-16-5-6-18-15-4-3-13-11-14(21)7-9-19(13,2)17(15)8-10-20(16,18)22-12/h11-12,15-18H,3-10H2,1-2H3. The van der Waals surface area contributed by atoms with Crippen molar-refractivity contribution in [2.24, 2.45) is 29.1 Å². The first-order valence-electron chi connectivity index (χ1n) is 9.46. The van der Waals surface area contributed by atoms with Crippen LogP contribution in [0.1, 0.15) is 65.2 Å². The normalized spacial score (nSPS) is 56.2. The molecular weight excluding hydrogens is 272 g/mol. The van der Waals surface area contributed by atoms with Crippen molar-refractivity contribution in [3.8, 4) is 0 Å². The second-order valence-electron chi connectivity index (χ2n) is 8.97. The van der Waals surface area contributed by atoms with Crippen molar-refractivity contribution >= 4 is 5.78 Å². The van der Waals surface area contributed by atoms with Crippen LogP contribution in [0.4, 0.5) is 0 Å². The molecule has 5 aliphatic rings. The van der Waals surface area contributed by atoms with Gasteiger partial charge in [-0.15, -0.1) is 0 Å². The van der Waals surface area contributed by atoms with Crippen LogP contribution >= 0.6 is 0 Å². The molecule has 0 amide bonds. The summed E-state index contributed by atoms with van der Waals surface area (Å²) in [6.45, 7) is 4.75. The maximum atomic E-state index is 11.8. The van der Waals surface area contributed by atoms with Crippen LogP contribution in [0.5, 0.6) is 0 Å². The van der Waals surface area contributed by atoms with E-state index in [-0.39, 0.29) is 5.60 Å². The van der Waals surface area contributed by atoms with Gasteiger partial charge in [-0.1, -0.05) is 12.5 Å². The van der Waals surface area contributed by atoms with E-state index in [0.29, 0.717) is 17.3 Å². The fourth-order valence-electron chi connectivity index (χ4n) is 7.44. The number of rotatable bonds is 0. The number of hydrogen-bond acceptors (Lipinski definition) is 2. The number of fused-ring (bicyclic) bond motifs is 4. The SMILES string of the molecule is CC1OC23CCC4C(CCC5=CC(=O)CCC54C)C2CCC13. The van der Waals surface area contributed by atoms with Crippen LogP contribution in [0, 0.1) is 29.1 Å². The molecule has 0 aromatic heterocycles. The number of allylic oxidation sites excluding steroid dienone is 1. The Labute approximate surface area is 133 Å². The average molecular weight is 300 g/mol. The van der Waals surface area contributed by atoms with E-state index in [0.717, 1.165) is 42.9 Å². The summed E-state index contributed by atoms with van der Waals surface area (Å²) in [5, 5.41) is 0. The quantitative estimate of drug-likeness (QED) is 0.667. The number of hydrogen-bond donors (Lipinski definition) is 0. The highest BCUT2D eigenvalue weighted by molar-refractivity contribution is 5.91. The summed E-state index contributed by atoms with van der Waals surface area (Å²) in [6, 6.07) is 0. The monoisotopic (exact) mass is 300 g/mol. The van der Waals surface area contributed by atoms with E-state index in [1.165, 1.54) is 37.7 Å².